The van der Waals surface area contributed by atoms with Crippen LogP contribution in [0, 0.1) is 17.8 Å². The van der Waals surface area contributed by atoms with Crippen LogP contribution in [-0.2, 0) is 9.53 Å². The number of para-hydroxylation sites is 1. The Kier molecular flexibility index (Phi) is 5.02. The average Bonchev–Trinajstić information content (AvgIpc) is 2.79. The summed E-state index contributed by atoms with van der Waals surface area (Å²) >= 11 is 0. The largest absolute Gasteiger partial charge is 0.450 e. The molecule has 166 valence electrons. The van der Waals surface area contributed by atoms with Gasteiger partial charge in [-0.05, 0) is 50.7 Å². The molecule has 1 aromatic rings. The molecule has 31 heavy (non-hydrogen) atoms. The SMILES string of the molecule is CCOC(=O)N1CCN(C(=O)[C@@H]2C[C@@H]3CC[C@@H]2C[C@@]32NC(=O)c3ccccc3N2)CC1. The summed E-state index contributed by atoms with van der Waals surface area (Å²) in [5.74, 6) is 0.646. The van der Waals surface area contributed by atoms with E-state index in [1.165, 1.54) is 0 Å². The number of carbonyl (C=O) groups excluding carboxylic acids is 3. The normalized spacial score (nSPS) is 31.6. The average molecular weight is 427 g/mol. The summed E-state index contributed by atoms with van der Waals surface area (Å²) in [5.41, 5.74) is 1.12. The van der Waals surface area contributed by atoms with Crippen molar-refractivity contribution in [1.82, 2.24) is 15.1 Å². The number of nitrogens with one attached hydrogen (secondary N) is 2. The number of rotatable bonds is 2. The Hall–Kier alpha value is -2.77. The maximum Gasteiger partial charge on any atom is 0.409 e. The van der Waals surface area contributed by atoms with Crippen LogP contribution in [0.5, 0.6) is 0 Å². The molecule has 8 heteroatoms. The van der Waals surface area contributed by atoms with E-state index in [4.69, 9.17) is 4.74 Å². The van der Waals surface area contributed by atoms with Crippen LogP contribution >= 0.6 is 0 Å². The zero-order chi connectivity index (χ0) is 21.6. The van der Waals surface area contributed by atoms with E-state index in [2.05, 4.69) is 10.6 Å². The number of piperazine rings is 1. The summed E-state index contributed by atoms with van der Waals surface area (Å²) in [7, 11) is 0. The Morgan fingerprint density at radius 2 is 1.84 bits per heavy atom. The molecule has 3 amide bonds. The second-order valence-corrected chi connectivity index (χ2v) is 9.19. The summed E-state index contributed by atoms with van der Waals surface area (Å²) in [4.78, 5) is 41.6. The van der Waals surface area contributed by atoms with Crippen LogP contribution in [0.4, 0.5) is 10.5 Å². The third-order valence-corrected chi connectivity index (χ3v) is 7.58. The first kappa shape index (κ1) is 20.2. The van der Waals surface area contributed by atoms with Gasteiger partial charge < -0.3 is 25.2 Å². The van der Waals surface area contributed by atoms with Crippen LogP contribution in [0.1, 0.15) is 43.0 Å². The van der Waals surface area contributed by atoms with Crippen molar-refractivity contribution in [3.8, 4) is 0 Å². The second kappa shape index (κ2) is 7.73. The van der Waals surface area contributed by atoms with E-state index in [0.717, 1.165) is 31.4 Å². The fraction of sp³-hybridized carbons (Fsp3) is 0.609. The lowest BCUT2D eigenvalue weighted by molar-refractivity contribution is -0.144. The van der Waals surface area contributed by atoms with Crippen LogP contribution in [0.2, 0.25) is 0 Å². The summed E-state index contributed by atoms with van der Waals surface area (Å²) < 4.78 is 5.07. The topological polar surface area (TPSA) is 91.0 Å². The summed E-state index contributed by atoms with van der Waals surface area (Å²) in [6, 6.07) is 7.63. The van der Waals surface area contributed by atoms with Gasteiger partial charge >= 0.3 is 6.09 Å². The molecule has 3 aliphatic carbocycles. The molecule has 2 bridgehead atoms. The van der Waals surface area contributed by atoms with Gasteiger partial charge in [0, 0.05) is 43.7 Å². The van der Waals surface area contributed by atoms with E-state index in [0.29, 0.717) is 38.3 Å². The number of hydrogen-bond donors (Lipinski definition) is 2. The first-order valence-corrected chi connectivity index (χ1v) is 11.4. The van der Waals surface area contributed by atoms with E-state index in [1.807, 2.05) is 29.2 Å². The van der Waals surface area contributed by atoms with Crippen molar-refractivity contribution in [3.05, 3.63) is 29.8 Å². The highest BCUT2D eigenvalue weighted by Gasteiger charge is 2.55. The molecule has 8 nitrogen and oxygen atoms in total. The lowest BCUT2D eigenvalue weighted by Crippen LogP contribution is -2.68. The van der Waals surface area contributed by atoms with Crippen LogP contribution < -0.4 is 10.6 Å². The standard InChI is InChI=1S/C23H30N4O4/c1-2-31-22(30)27-11-9-26(10-12-27)21(29)18-13-16-8-7-15(18)14-23(16)24-19-6-4-3-5-17(19)20(28)25-23/h3-6,15-16,18,24H,2,7-14H2,1H3,(H,25,28)/t15-,16+,18-,23-/m1/s1. The molecule has 3 saturated carbocycles. The van der Waals surface area contributed by atoms with Crippen molar-refractivity contribution in [3.63, 3.8) is 0 Å². The third-order valence-electron chi connectivity index (χ3n) is 7.58. The van der Waals surface area contributed by atoms with Gasteiger partial charge in [-0.3, -0.25) is 9.59 Å². The predicted molar refractivity (Wildman–Crippen MR) is 114 cm³/mol. The van der Waals surface area contributed by atoms with Crippen molar-refractivity contribution in [2.45, 2.75) is 38.3 Å². The van der Waals surface area contributed by atoms with Gasteiger partial charge in [-0.2, -0.15) is 0 Å². The number of ether oxygens (including phenoxy) is 1. The van der Waals surface area contributed by atoms with Crippen molar-refractivity contribution in [2.75, 3.05) is 38.1 Å². The summed E-state index contributed by atoms with van der Waals surface area (Å²) in [6.07, 6.45) is 3.30. The molecule has 1 saturated heterocycles. The Labute approximate surface area is 182 Å². The summed E-state index contributed by atoms with van der Waals surface area (Å²) in [5, 5.41) is 6.88. The highest BCUT2D eigenvalue weighted by atomic mass is 16.6. The van der Waals surface area contributed by atoms with Crippen molar-refractivity contribution in [1.29, 1.82) is 0 Å². The Bertz CT molecular complexity index is 897. The number of benzene rings is 1. The van der Waals surface area contributed by atoms with E-state index >= 15 is 0 Å². The van der Waals surface area contributed by atoms with E-state index in [-0.39, 0.29) is 35.7 Å². The quantitative estimate of drug-likeness (QED) is 0.757. The van der Waals surface area contributed by atoms with Gasteiger partial charge in [-0.15, -0.1) is 0 Å². The molecule has 2 N–H and O–H groups in total. The van der Waals surface area contributed by atoms with E-state index in [1.54, 1.807) is 11.8 Å². The number of fused-ring (bicyclic) bond motifs is 3. The lowest BCUT2D eigenvalue weighted by atomic mass is 9.58. The molecule has 1 aromatic carbocycles. The van der Waals surface area contributed by atoms with E-state index < -0.39 is 5.66 Å². The highest BCUT2D eigenvalue weighted by Crippen LogP contribution is 2.52. The lowest BCUT2D eigenvalue weighted by Gasteiger charge is -2.57. The molecule has 4 atom stereocenters. The first-order valence-electron chi connectivity index (χ1n) is 11.4. The van der Waals surface area contributed by atoms with Gasteiger partial charge in [-0.25, -0.2) is 4.79 Å². The number of nitrogens with zero attached hydrogens (tertiary/aromatic N) is 2. The van der Waals surface area contributed by atoms with Gasteiger partial charge in [0.1, 0.15) is 5.66 Å². The highest BCUT2D eigenvalue weighted by molar-refractivity contribution is 6.02. The number of amides is 3. The molecular weight excluding hydrogens is 396 g/mol. The predicted octanol–water partition coefficient (Wildman–Crippen LogP) is 2.28. The minimum atomic E-state index is -0.451. The van der Waals surface area contributed by atoms with Crippen LogP contribution in [-0.4, -0.2) is 66.2 Å². The minimum Gasteiger partial charge on any atom is -0.450 e. The smallest absolute Gasteiger partial charge is 0.409 e. The molecular formula is C23H30N4O4. The maximum atomic E-state index is 13.4. The van der Waals surface area contributed by atoms with E-state index in [9.17, 15) is 14.4 Å². The molecule has 2 heterocycles. The monoisotopic (exact) mass is 426 g/mol. The zero-order valence-electron chi connectivity index (χ0n) is 17.9. The van der Waals surface area contributed by atoms with Crippen molar-refractivity contribution < 1.29 is 19.1 Å². The number of anilines is 1. The van der Waals surface area contributed by atoms with Gasteiger partial charge in [-0.1, -0.05) is 12.1 Å². The van der Waals surface area contributed by atoms with Crippen LogP contribution in [0.15, 0.2) is 24.3 Å². The van der Waals surface area contributed by atoms with Gasteiger partial charge in [0.15, 0.2) is 0 Å². The molecule has 0 aromatic heterocycles. The molecule has 6 rings (SSSR count). The number of carbonyl (C=O) groups is 3. The third kappa shape index (κ3) is 3.42. The zero-order valence-corrected chi connectivity index (χ0v) is 17.9. The summed E-state index contributed by atoms with van der Waals surface area (Å²) in [6.45, 7) is 4.30. The van der Waals surface area contributed by atoms with Crippen LogP contribution in [0.25, 0.3) is 0 Å². The van der Waals surface area contributed by atoms with Crippen LogP contribution in [0.3, 0.4) is 0 Å². The Morgan fingerprint density at radius 3 is 2.55 bits per heavy atom. The molecule has 4 fully saturated rings. The molecule has 1 spiro atoms. The van der Waals surface area contributed by atoms with Gasteiger partial charge in [0.25, 0.3) is 5.91 Å². The first-order chi connectivity index (χ1) is 15.0. The Morgan fingerprint density at radius 1 is 1.10 bits per heavy atom. The van der Waals surface area contributed by atoms with Crippen molar-refractivity contribution >= 4 is 23.6 Å². The maximum absolute atomic E-state index is 13.4. The number of hydrogen-bond acceptors (Lipinski definition) is 5. The molecule has 5 aliphatic rings. The second-order valence-electron chi connectivity index (χ2n) is 9.19. The molecule has 0 unspecified atom stereocenters. The fourth-order valence-electron chi connectivity index (χ4n) is 6.00. The molecule has 0 radical (unpaired) electrons. The fourth-order valence-corrected chi connectivity index (χ4v) is 6.00. The Balaban J connectivity index is 1.25. The van der Waals surface area contributed by atoms with Gasteiger partial charge in [0.05, 0.1) is 12.2 Å². The van der Waals surface area contributed by atoms with Crippen molar-refractivity contribution in [2.24, 2.45) is 17.8 Å². The van der Waals surface area contributed by atoms with Gasteiger partial charge in [0.2, 0.25) is 5.91 Å². The minimum absolute atomic E-state index is 0.00519. The molecule has 2 aliphatic heterocycles.